The van der Waals surface area contributed by atoms with Gasteiger partial charge in [0, 0.05) is 24.0 Å². The number of hydrogen-bond acceptors (Lipinski definition) is 4. The fraction of sp³-hybridized carbons (Fsp3) is 0.211. The van der Waals surface area contributed by atoms with Crippen LogP contribution < -0.4 is 9.47 Å². The molecule has 2 aromatic carbocycles. The number of benzene rings is 2. The molecule has 3 nitrogen and oxygen atoms in total. The monoisotopic (exact) mass is 356 g/mol. The fourth-order valence-electron chi connectivity index (χ4n) is 2.56. The molecule has 1 fully saturated rings. The van der Waals surface area contributed by atoms with Gasteiger partial charge in [0.05, 0.1) is 25.1 Å². The zero-order valence-corrected chi connectivity index (χ0v) is 15.2. The third-order valence-corrected chi connectivity index (χ3v) is 7.89. The largest absolute Gasteiger partial charge is 0.496 e. The first-order valence-electron chi connectivity index (χ1n) is 7.53. The molecule has 0 bridgehead atoms. The smallest absolute Gasteiger partial charge is 0.212 e. The summed E-state index contributed by atoms with van der Waals surface area (Å²) in [6.45, 7) is 0. The maximum atomic E-state index is 9.74. The summed E-state index contributed by atoms with van der Waals surface area (Å²) < 4.78 is 12.0. The van der Waals surface area contributed by atoms with E-state index in [-0.39, 0.29) is 10.9 Å². The molecule has 0 aromatic heterocycles. The average molecular weight is 356 g/mol. The molecule has 2 aromatic rings. The van der Waals surface area contributed by atoms with E-state index in [1.807, 2.05) is 36.4 Å². The molecule has 0 aliphatic carbocycles. The lowest BCUT2D eigenvalue weighted by Crippen LogP contribution is -2.06. The molecule has 1 saturated heterocycles. The first-order chi connectivity index (χ1) is 11.8. The molecule has 1 atom stereocenters. The van der Waals surface area contributed by atoms with E-state index in [9.17, 15) is 5.26 Å². The van der Waals surface area contributed by atoms with Crippen molar-refractivity contribution in [1.29, 1.82) is 5.26 Å². The molecule has 0 saturated carbocycles. The molecular formula is C19H18NO2S2+. The van der Waals surface area contributed by atoms with Gasteiger partial charge in [0.2, 0.25) is 4.24 Å². The normalized spacial score (nSPS) is 18.8. The van der Waals surface area contributed by atoms with Crippen molar-refractivity contribution in [2.45, 2.75) is 4.90 Å². The average Bonchev–Trinajstić information content (AvgIpc) is 3.12. The van der Waals surface area contributed by atoms with Gasteiger partial charge in [-0.25, -0.2) is 0 Å². The highest BCUT2D eigenvalue weighted by atomic mass is 32.2. The lowest BCUT2D eigenvalue weighted by molar-refractivity contribution is 0.392. The standard InChI is InChI=1S/C19H18NO2S2/c1-21-15-10-16(22-2)12-17(11-15)24-9-8-23-19(24)18(13-20)14-6-4-3-5-7-14/h3-7,10-12H,8-9H2,1-2H3/q+1/b19-18-. The molecule has 1 aliphatic rings. The second kappa shape index (κ2) is 7.69. The Bertz CT molecular complexity index is 775. The minimum absolute atomic E-state index is 0.123. The van der Waals surface area contributed by atoms with Gasteiger partial charge >= 0.3 is 0 Å². The van der Waals surface area contributed by atoms with Gasteiger partial charge in [0.1, 0.15) is 28.9 Å². The number of allylic oxidation sites excluding steroid dienone is 1. The molecule has 5 heteroatoms. The second-order valence-corrected chi connectivity index (χ2v) is 8.56. The molecule has 1 aliphatic heterocycles. The summed E-state index contributed by atoms with van der Waals surface area (Å²) >= 11 is 1.79. The van der Waals surface area contributed by atoms with Crippen molar-refractivity contribution in [3.05, 3.63) is 58.3 Å². The van der Waals surface area contributed by atoms with Crippen molar-refractivity contribution in [2.75, 3.05) is 25.7 Å². The van der Waals surface area contributed by atoms with Crippen LogP contribution >= 0.6 is 11.8 Å². The minimum Gasteiger partial charge on any atom is -0.496 e. The molecule has 0 spiro atoms. The van der Waals surface area contributed by atoms with Gasteiger partial charge in [-0.1, -0.05) is 42.1 Å². The maximum Gasteiger partial charge on any atom is 0.212 e. The highest BCUT2D eigenvalue weighted by Crippen LogP contribution is 2.43. The summed E-state index contributed by atoms with van der Waals surface area (Å²) in [5.74, 6) is 3.63. The lowest BCUT2D eigenvalue weighted by Gasteiger charge is -2.09. The highest BCUT2D eigenvalue weighted by Gasteiger charge is 2.38. The predicted octanol–water partition coefficient (Wildman–Crippen LogP) is 4.32. The van der Waals surface area contributed by atoms with Gasteiger partial charge in [-0.05, 0) is 5.56 Å². The second-order valence-electron chi connectivity index (χ2n) is 5.13. The molecule has 24 heavy (non-hydrogen) atoms. The van der Waals surface area contributed by atoms with Crippen LogP contribution in [0, 0.1) is 11.3 Å². The van der Waals surface area contributed by atoms with E-state index in [1.165, 1.54) is 4.24 Å². The number of nitriles is 1. The molecule has 1 heterocycles. The quantitative estimate of drug-likeness (QED) is 0.604. The van der Waals surface area contributed by atoms with Crippen LogP contribution in [-0.4, -0.2) is 25.7 Å². The Morgan fingerprint density at radius 2 is 1.75 bits per heavy atom. The Balaban J connectivity index is 2.08. The van der Waals surface area contributed by atoms with E-state index in [0.29, 0.717) is 0 Å². The van der Waals surface area contributed by atoms with Gasteiger partial charge in [0.25, 0.3) is 0 Å². The first-order valence-corrected chi connectivity index (χ1v) is 9.91. The van der Waals surface area contributed by atoms with E-state index in [1.54, 1.807) is 26.0 Å². The first kappa shape index (κ1) is 16.8. The van der Waals surface area contributed by atoms with Crippen LogP contribution in [-0.2, 0) is 10.9 Å². The van der Waals surface area contributed by atoms with Crippen LogP contribution in [0.5, 0.6) is 11.5 Å². The molecule has 0 N–H and O–H groups in total. The van der Waals surface area contributed by atoms with E-state index >= 15 is 0 Å². The van der Waals surface area contributed by atoms with Crippen molar-refractivity contribution < 1.29 is 9.47 Å². The van der Waals surface area contributed by atoms with E-state index in [0.717, 1.165) is 39.0 Å². The minimum atomic E-state index is -0.123. The van der Waals surface area contributed by atoms with Crippen molar-refractivity contribution in [3.8, 4) is 17.6 Å². The number of nitrogens with zero attached hydrogens (tertiary/aromatic N) is 1. The van der Waals surface area contributed by atoms with Gasteiger partial charge in [-0.15, -0.1) is 0 Å². The predicted molar refractivity (Wildman–Crippen MR) is 101 cm³/mol. The Morgan fingerprint density at radius 3 is 2.33 bits per heavy atom. The third kappa shape index (κ3) is 3.40. The maximum absolute atomic E-state index is 9.74. The van der Waals surface area contributed by atoms with Gasteiger partial charge in [-0.2, -0.15) is 5.26 Å². The molecule has 0 amide bonds. The van der Waals surface area contributed by atoms with Gasteiger partial charge in [0.15, 0.2) is 4.90 Å². The van der Waals surface area contributed by atoms with Crippen LogP contribution in [0.15, 0.2) is 57.7 Å². The van der Waals surface area contributed by atoms with E-state index < -0.39 is 0 Å². The van der Waals surface area contributed by atoms with Crippen LogP contribution in [0.3, 0.4) is 0 Å². The summed E-state index contributed by atoms with van der Waals surface area (Å²) in [6.07, 6.45) is 0. The topological polar surface area (TPSA) is 42.2 Å². The number of methoxy groups -OCH3 is 2. The summed E-state index contributed by atoms with van der Waals surface area (Å²) in [5.41, 5.74) is 1.76. The van der Waals surface area contributed by atoms with Crippen LogP contribution in [0.25, 0.3) is 5.57 Å². The summed E-state index contributed by atoms with van der Waals surface area (Å²) in [5, 5.41) is 9.74. The number of hydrogen-bond donors (Lipinski definition) is 0. The Morgan fingerprint density at radius 1 is 1.08 bits per heavy atom. The Labute approximate surface area is 149 Å². The van der Waals surface area contributed by atoms with Crippen LogP contribution in [0.2, 0.25) is 0 Å². The van der Waals surface area contributed by atoms with E-state index in [2.05, 4.69) is 18.2 Å². The van der Waals surface area contributed by atoms with Crippen molar-refractivity contribution >= 4 is 28.2 Å². The number of thioether (sulfide) groups is 1. The molecule has 3 rings (SSSR count). The molecule has 122 valence electrons. The summed E-state index contributed by atoms with van der Waals surface area (Å²) in [4.78, 5) is 1.16. The molecule has 1 unspecified atom stereocenters. The zero-order chi connectivity index (χ0) is 16.9. The summed E-state index contributed by atoms with van der Waals surface area (Å²) in [7, 11) is 3.20. The van der Waals surface area contributed by atoms with Crippen molar-refractivity contribution in [3.63, 3.8) is 0 Å². The Kier molecular flexibility index (Phi) is 5.39. The SMILES string of the molecule is COc1cc(OC)cc([S+]2CCS/C2=C(\C#N)c2ccccc2)c1. The molecule has 0 radical (unpaired) electrons. The number of rotatable bonds is 4. The number of ether oxygens (including phenoxy) is 2. The van der Waals surface area contributed by atoms with E-state index in [4.69, 9.17) is 9.47 Å². The zero-order valence-electron chi connectivity index (χ0n) is 13.6. The van der Waals surface area contributed by atoms with Gasteiger partial charge < -0.3 is 9.47 Å². The Hall–Kier alpha value is -2.03. The molecular weight excluding hydrogens is 338 g/mol. The lowest BCUT2D eigenvalue weighted by atomic mass is 10.1. The van der Waals surface area contributed by atoms with Gasteiger partial charge in [-0.3, -0.25) is 0 Å². The van der Waals surface area contributed by atoms with Crippen LogP contribution in [0.1, 0.15) is 5.56 Å². The van der Waals surface area contributed by atoms with Crippen molar-refractivity contribution in [2.24, 2.45) is 0 Å². The third-order valence-electron chi connectivity index (χ3n) is 3.73. The summed E-state index contributed by atoms with van der Waals surface area (Å²) in [6, 6.07) is 18.3. The fourth-order valence-corrected chi connectivity index (χ4v) is 6.97. The van der Waals surface area contributed by atoms with Crippen LogP contribution in [0.4, 0.5) is 0 Å². The van der Waals surface area contributed by atoms with Crippen molar-refractivity contribution in [1.82, 2.24) is 0 Å². The highest BCUT2D eigenvalue weighted by molar-refractivity contribution is 8.24.